The largest absolute Gasteiger partial charge is 0.336 e. The predicted molar refractivity (Wildman–Crippen MR) is 95.1 cm³/mol. The maximum atomic E-state index is 12.4. The lowest BCUT2D eigenvalue weighted by Crippen LogP contribution is -2.27. The molecule has 1 fully saturated rings. The summed E-state index contributed by atoms with van der Waals surface area (Å²) in [5.41, 5.74) is 3.64. The van der Waals surface area contributed by atoms with Crippen LogP contribution in [0.4, 0.5) is 16.2 Å². The summed E-state index contributed by atoms with van der Waals surface area (Å²) in [6.45, 7) is 3.27. The number of carbonyl (C=O) groups is 2. The van der Waals surface area contributed by atoms with Gasteiger partial charge in [-0.2, -0.15) is 0 Å². The number of benzene rings is 1. The van der Waals surface area contributed by atoms with Crippen LogP contribution >= 0.6 is 0 Å². The SMILES string of the molecule is Cc1ccn2cc(C(=O)Nc3ccc(N4CCNC4=O)cc3)nc2c1. The summed E-state index contributed by atoms with van der Waals surface area (Å²) >= 11 is 0. The van der Waals surface area contributed by atoms with Gasteiger partial charge in [-0.1, -0.05) is 0 Å². The molecule has 7 nitrogen and oxygen atoms in total. The van der Waals surface area contributed by atoms with Gasteiger partial charge in [0.05, 0.1) is 0 Å². The molecule has 3 aromatic rings. The van der Waals surface area contributed by atoms with E-state index in [9.17, 15) is 9.59 Å². The molecule has 126 valence electrons. The van der Waals surface area contributed by atoms with Crippen molar-refractivity contribution in [1.29, 1.82) is 0 Å². The van der Waals surface area contributed by atoms with Crippen molar-refractivity contribution >= 4 is 29.0 Å². The molecule has 1 saturated heterocycles. The van der Waals surface area contributed by atoms with Gasteiger partial charge in [-0.3, -0.25) is 9.69 Å². The first-order valence-electron chi connectivity index (χ1n) is 8.02. The Kier molecular flexibility index (Phi) is 3.61. The number of aromatic nitrogens is 2. The van der Waals surface area contributed by atoms with Gasteiger partial charge in [0.15, 0.2) is 0 Å². The van der Waals surface area contributed by atoms with Crippen LogP contribution in [-0.2, 0) is 0 Å². The van der Waals surface area contributed by atoms with E-state index in [-0.39, 0.29) is 11.9 Å². The highest BCUT2D eigenvalue weighted by Gasteiger charge is 2.21. The Bertz CT molecular complexity index is 961. The van der Waals surface area contributed by atoms with Crippen molar-refractivity contribution in [2.24, 2.45) is 0 Å². The molecule has 0 aliphatic carbocycles. The first-order valence-corrected chi connectivity index (χ1v) is 8.02. The number of rotatable bonds is 3. The van der Waals surface area contributed by atoms with Crippen LogP contribution in [-0.4, -0.2) is 34.4 Å². The number of hydrogen-bond acceptors (Lipinski definition) is 3. The second kappa shape index (κ2) is 5.94. The van der Waals surface area contributed by atoms with Crippen LogP contribution in [0.3, 0.4) is 0 Å². The molecule has 0 saturated carbocycles. The van der Waals surface area contributed by atoms with Crippen LogP contribution in [0.1, 0.15) is 16.1 Å². The van der Waals surface area contributed by atoms with E-state index in [4.69, 9.17) is 0 Å². The smallest absolute Gasteiger partial charge is 0.321 e. The number of amides is 3. The Hall–Kier alpha value is -3.35. The molecule has 1 aliphatic rings. The van der Waals surface area contributed by atoms with Gasteiger partial charge < -0.3 is 15.0 Å². The number of urea groups is 1. The number of nitrogens with zero attached hydrogens (tertiary/aromatic N) is 3. The van der Waals surface area contributed by atoms with E-state index in [1.807, 2.05) is 41.8 Å². The van der Waals surface area contributed by atoms with E-state index < -0.39 is 0 Å². The zero-order chi connectivity index (χ0) is 17.4. The highest BCUT2D eigenvalue weighted by atomic mass is 16.2. The van der Waals surface area contributed by atoms with Crippen molar-refractivity contribution < 1.29 is 9.59 Å². The normalized spacial score (nSPS) is 14.0. The number of imidazole rings is 1. The lowest BCUT2D eigenvalue weighted by Gasteiger charge is -2.14. The number of carbonyl (C=O) groups excluding carboxylic acids is 2. The first kappa shape index (κ1) is 15.2. The quantitative estimate of drug-likeness (QED) is 0.771. The topological polar surface area (TPSA) is 78.7 Å². The van der Waals surface area contributed by atoms with Crippen molar-refractivity contribution in [3.8, 4) is 0 Å². The minimum Gasteiger partial charge on any atom is -0.336 e. The summed E-state index contributed by atoms with van der Waals surface area (Å²) in [6, 6.07) is 11.0. The van der Waals surface area contributed by atoms with Gasteiger partial charge in [-0.15, -0.1) is 0 Å². The lowest BCUT2D eigenvalue weighted by atomic mass is 10.2. The van der Waals surface area contributed by atoms with E-state index >= 15 is 0 Å². The third-order valence-electron chi connectivity index (χ3n) is 4.14. The van der Waals surface area contributed by atoms with E-state index in [0.29, 0.717) is 24.5 Å². The number of fused-ring (bicyclic) bond motifs is 1. The second-order valence-corrected chi connectivity index (χ2v) is 5.98. The van der Waals surface area contributed by atoms with Gasteiger partial charge in [0.2, 0.25) is 0 Å². The zero-order valence-electron chi connectivity index (χ0n) is 13.7. The van der Waals surface area contributed by atoms with Crippen LogP contribution in [0.2, 0.25) is 0 Å². The van der Waals surface area contributed by atoms with Crippen LogP contribution in [0.5, 0.6) is 0 Å². The average molecular weight is 335 g/mol. The monoisotopic (exact) mass is 335 g/mol. The molecule has 2 N–H and O–H groups in total. The fourth-order valence-electron chi connectivity index (χ4n) is 2.83. The maximum absolute atomic E-state index is 12.4. The molecule has 0 spiro atoms. The molecule has 1 aliphatic heterocycles. The first-order chi connectivity index (χ1) is 12.1. The molecule has 3 heterocycles. The Morgan fingerprint density at radius 1 is 1.24 bits per heavy atom. The van der Waals surface area contributed by atoms with Gasteiger partial charge in [0.25, 0.3) is 5.91 Å². The Morgan fingerprint density at radius 2 is 2.04 bits per heavy atom. The Morgan fingerprint density at radius 3 is 2.76 bits per heavy atom. The van der Waals surface area contributed by atoms with Gasteiger partial charge >= 0.3 is 6.03 Å². The number of nitrogens with one attached hydrogen (secondary N) is 2. The molecule has 0 radical (unpaired) electrons. The zero-order valence-corrected chi connectivity index (χ0v) is 13.7. The highest BCUT2D eigenvalue weighted by molar-refractivity contribution is 6.03. The molecule has 0 bridgehead atoms. The van der Waals surface area contributed by atoms with Crippen molar-refractivity contribution in [2.75, 3.05) is 23.3 Å². The fourth-order valence-corrected chi connectivity index (χ4v) is 2.83. The van der Waals surface area contributed by atoms with Gasteiger partial charge in [-0.05, 0) is 48.9 Å². The second-order valence-electron chi connectivity index (χ2n) is 5.98. The van der Waals surface area contributed by atoms with Crippen LogP contribution in [0.15, 0.2) is 48.8 Å². The van der Waals surface area contributed by atoms with E-state index in [0.717, 1.165) is 16.9 Å². The molecule has 0 atom stereocenters. The number of anilines is 2. The van der Waals surface area contributed by atoms with Gasteiger partial charge in [0, 0.05) is 36.9 Å². The van der Waals surface area contributed by atoms with Gasteiger partial charge in [-0.25, -0.2) is 9.78 Å². The standard InChI is InChI=1S/C18H17N5O2/c1-12-6-8-22-11-15(21-16(22)10-12)17(24)20-13-2-4-14(5-3-13)23-9-7-19-18(23)25/h2-6,8,10-11H,7,9H2,1H3,(H,19,25)(H,20,24). The molecule has 7 heteroatoms. The molecule has 2 aromatic heterocycles. The molecule has 4 rings (SSSR count). The predicted octanol–water partition coefficient (Wildman–Crippen LogP) is 2.42. The van der Waals surface area contributed by atoms with Crippen molar-refractivity contribution in [2.45, 2.75) is 6.92 Å². The molecule has 25 heavy (non-hydrogen) atoms. The summed E-state index contributed by atoms with van der Waals surface area (Å²) in [6.07, 6.45) is 3.58. The molecular weight excluding hydrogens is 318 g/mol. The summed E-state index contributed by atoms with van der Waals surface area (Å²) in [5.74, 6) is -0.270. The molecular formula is C18H17N5O2. The Labute approximate surface area is 144 Å². The maximum Gasteiger partial charge on any atom is 0.321 e. The highest BCUT2D eigenvalue weighted by Crippen LogP contribution is 2.20. The van der Waals surface area contributed by atoms with Crippen LogP contribution in [0, 0.1) is 6.92 Å². The number of pyridine rings is 1. The van der Waals surface area contributed by atoms with E-state index in [1.54, 1.807) is 23.2 Å². The Balaban J connectivity index is 1.50. The third-order valence-corrected chi connectivity index (χ3v) is 4.14. The third kappa shape index (κ3) is 2.91. The summed E-state index contributed by atoms with van der Waals surface area (Å²) in [5, 5.41) is 5.59. The molecule has 3 amide bonds. The lowest BCUT2D eigenvalue weighted by molar-refractivity contribution is 0.102. The van der Waals surface area contributed by atoms with Crippen molar-refractivity contribution in [3.63, 3.8) is 0 Å². The van der Waals surface area contributed by atoms with Gasteiger partial charge in [0.1, 0.15) is 11.3 Å². The van der Waals surface area contributed by atoms with E-state index in [2.05, 4.69) is 15.6 Å². The fraction of sp³-hybridized carbons (Fsp3) is 0.167. The number of hydrogen-bond donors (Lipinski definition) is 2. The van der Waals surface area contributed by atoms with Crippen molar-refractivity contribution in [1.82, 2.24) is 14.7 Å². The van der Waals surface area contributed by atoms with Crippen LogP contribution in [0.25, 0.3) is 5.65 Å². The average Bonchev–Trinajstić information content (AvgIpc) is 3.21. The summed E-state index contributed by atoms with van der Waals surface area (Å²) in [7, 11) is 0. The summed E-state index contributed by atoms with van der Waals surface area (Å²) in [4.78, 5) is 30.1. The minimum atomic E-state index is -0.270. The van der Waals surface area contributed by atoms with Crippen molar-refractivity contribution in [3.05, 3.63) is 60.0 Å². The van der Waals surface area contributed by atoms with E-state index in [1.165, 1.54) is 0 Å². The molecule has 0 unspecified atom stereocenters. The summed E-state index contributed by atoms with van der Waals surface area (Å²) < 4.78 is 1.82. The number of aryl methyl sites for hydroxylation is 1. The molecule has 1 aromatic carbocycles. The minimum absolute atomic E-state index is 0.100. The van der Waals surface area contributed by atoms with Crippen LogP contribution < -0.4 is 15.5 Å².